The summed E-state index contributed by atoms with van der Waals surface area (Å²) in [5.41, 5.74) is 5.32. The summed E-state index contributed by atoms with van der Waals surface area (Å²) in [6.07, 6.45) is 3.17. The van der Waals surface area contributed by atoms with E-state index in [0.717, 1.165) is 19.3 Å². The summed E-state index contributed by atoms with van der Waals surface area (Å²) < 4.78 is 0. The molecule has 1 rings (SSSR count). The average Bonchev–Trinajstić information content (AvgIpc) is 2.26. The van der Waals surface area contributed by atoms with E-state index >= 15 is 0 Å². The molecule has 0 aliphatic carbocycles. The molecule has 0 radical (unpaired) electrons. The van der Waals surface area contributed by atoms with Crippen molar-refractivity contribution in [3.05, 3.63) is 0 Å². The minimum absolute atomic E-state index is 0.158. The SMILES string of the molecule is CC(C)CCC(=O)N1C[C@H](C(N)=O)CC[C@H]1C. The molecule has 0 aromatic carbocycles. The molecule has 1 fully saturated rings. The van der Waals surface area contributed by atoms with E-state index in [0.29, 0.717) is 18.9 Å². The van der Waals surface area contributed by atoms with E-state index in [2.05, 4.69) is 13.8 Å². The lowest BCUT2D eigenvalue weighted by Crippen LogP contribution is -2.48. The van der Waals surface area contributed by atoms with Crippen molar-refractivity contribution in [2.75, 3.05) is 6.54 Å². The molecular formula is C13H24N2O2. The Morgan fingerprint density at radius 2 is 2.00 bits per heavy atom. The minimum atomic E-state index is -0.279. The minimum Gasteiger partial charge on any atom is -0.369 e. The zero-order chi connectivity index (χ0) is 13.0. The smallest absolute Gasteiger partial charge is 0.222 e. The highest BCUT2D eigenvalue weighted by atomic mass is 16.2. The summed E-state index contributed by atoms with van der Waals surface area (Å²) in [5, 5.41) is 0. The van der Waals surface area contributed by atoms with Crippen LogP contribution in [0, 0.1) is 11.8 Å². The molecule has 4 nitrogen and oxygen atoms in total. The summed E-state index contributed by atoms with van der Waals surface area (Å²) in [5.74, 6) is 0.260. The van der Waals surface area contributed by atoms with Crippen LogP contribution < -0.4 is 5.73 Å². The molecule has 0 saturated carbocycles. The van der Waals surface area contributed by atoms with Gasteiger partial charge in [-0.05, 0) is 32.1 Å². The maximum Gasteiger partial charge on any atom is 0.222 e. The second-order valence-electron chi connectivity index (χ2n) is 5.50. The van der Waals surface area contributed by atoms with Crippen molar-refractivity contribution < 1.29 is 9.59 Å². The Hall–Kier alpha value is -1.06. The molecule has 0 spiro atoms. The summed E-state index contributed by atoms with van der Waals surface area (Å²) in [6.45, 7) is 6.77. The summed E-state index contributed by atoms with van der Waals surface area (Å²) in [4.78, 5) is 25.1. The second kappa shape index (κ2) is 6.03. The van der Waals surface area contributed by atoms with Crippen molar-refractivity contribution in [3.8, 4) is 0 Å². The van der Waals surface area contributed by atoms with Gasteiger partial charge in [-0.15, -0.1) is 0 Å². The van der Waals surface area contributed by atoms with Gasteiger partial charge in [0.2, 0.25) is 11.8 Å². The van der Waals surface area contributed by atoms with Crippen LogP contribution in [0.1, 0.15) is 46.5 Å². The van der Waals surface area contributed by atoms with Gasteiger partial charge >= 0.3 is 0 Å². The van der Waals surface area contributed by atoms with Crippen molar-refractivity contribution in [1.29, 1.82) is 0 Å². The number of carbonyl (C=O) groups excluding carboxylic acids is 2. The van der Waals surface area contributed by atoms with E-state index in [1.165, 1.54) is 0 Å². The monoisotopic (exact) mass is 240 g/mol. The molecule has 0 bridgehead atoms. The van der Waals surface area contributed by atoms with E-state index in [-0.39, 0.29) is 23.8 Å². The molecule has 1 aliphatic rings. The van der Waals surface area contributed by atoms with Gasteiger partial charge in [0.1, 0.15) is 0 Å². The fraction of sp³-hybridized carbons (Fsp3) is 0.846. The van der Waals surface area contributed by atoms with Crippen molar-refractivity contribution in [3.63, 3.8) is 0 Å². The fourth-order valence-electron chi connectivity index (χ4n) is 2.24. The highest BCUT2D eigenvalue weighted by Gasteiger charge is 2.31. The number of likely N-dealkylation sites (tertiary alicyclic amines) is 1. The van der Waals surface area contributed by atoms with E-state index in [4.69, 9.17) is 5.73 Å². The lowest BCUT2D eigenvalue weighted by molar-refractivity contribution is -0.137. The summed E-state index contributed by atoms with van der Waals surface area (Å²) in [7, 11) is 0. The topological polar surface area (TPSA) is 63.4 Å². The molecular weight excluding hydrogens is 216 g/mol. The van der Waals surface area contributed by atoms with Gasteiger partial charge in [0.05, 0.1) is 5.92 Å². The van der Waals surface area contributed by atoms with Crippen LogP contribution in [-0.2, 0) is 9.59 Å². The number of primary amides is 1. The molecule has 0 unspecified atom stereocenters. The Kier molecular flexibility index (Phi) is 4.97. The van der Waals surface area contributed by atoms with E-state index in [1.54, 1.807) is 0 Å². The zero-order valence-corrected chi connectivity index (χ0v) is 11.1. The molecule has 0 aromatic heterocycles. The number of rotatable bonds is 4. The van der Waals surface area contributed by atoms with E-state index < -0.39 is 0 Å². The van der Waals surface area contributed by atoms with Gasteiger partial charge in [-0.1, -0.05) is 13.8 Å². The van der Waals surface area contributed by atoms with Crippen molar-refractivity contribution in [1.82, 2.24) is 4.90 Å². The predicted molar refractivity (Wildman–Crippen MR) is 67.2 cm³/mol. The quantitative estimate of drug-likeness (QED) is 0.810. The molecule has 98 valence electrons. The molecule has 0 aromatic rings. The number of hydrogen-bond donors (Lipinski definition) is 1. The molecule has 2 amide bonds. The maximum absolute atomic E-state index is 12.1. The first-order valence-corrected chi connectivity index (χ1v) is 6.50. The number of carbonyl (C=O) groups is 2. The molecule has 2 atom stereocenters. The number of nitrogens with two attached hydrogens (primary N) is 1. The van der Waals surface area contributed by atoms with Gasteiger partial charge < -0.3 is 10.6 Å². The molecule has 17 heavy (non-hydrogen) atoms. The van der Waals surface area contributed by atoms with Crippen LogP contribution in [0.5, 0.6) is 0 Å². The first-order chi connectivity index (χ1) is 7.91. The van der Waals surface area contributed by atoms with Crippen LogP contribution in [0.2, 0.25) is 0 Å². The number of piperidine rings is 1. The summed E-state index contributed by atoms with van der Waals surface area (Å²) in [6, 6.07) is 0.241. The van der Waals surface area contributed by atoms with Gasteiger partial charge in [0.15, 0.2) is 0 Å². The molecule has 1 saturated heterocycles. The lowest BCUT2D eigenvalue weighted by Gasteiger charge is -2.37. The van der Waals surface area contributed by atoms with Gasteiger partial charge in [0, 0.05) is 19.0 Å². The average molecular weight is 240 g/mol. The Morgan fingerprint density at radius 3 is 2.53 bits per heavy atom. The highest BCUT2D eigenvalue weighted by molar-refractivity contribution is 5.80. The Labute approximate surface area is 104 Å². The molecule has 1 heterocycles. The van der Waals surface area contributed by atoms with Crippen molar-refractivity contribution in [2.24, 2.45) is 17.6 Å². The van der Waals surface area contributed by atoms with Crippen LogP contribution in [0.25, 0.3) is 0 Å². The van der Waals surface area contributed by atoms with Gasteiger partial charge in [-0.2, -0.15) is 0 Å². The predicted octanol–water partition coefficient (Wildman–Crippen LogP) is 1.53. The van der Waals surface area contributed by atoms with Gasteiger partial charge in [0.25, 0.3) is 0 Å². The third-order valence-corrected chi connectivity index (χ3v) is 3.54. The number of amides is 2. The van der Waals surface area contributed by atoms with Crippen LogP contribution in [-0.4, -0.2) is 29.3 Å². The first kappa shape index (κ1) is 14.0. The largest absolute Gasteiger partial charge is 0.369 e. The zero-order valence-electron chi connectivity index (χ0n) is 11.1. The second-order valence-corrected chi connectivity index (χ2v) is 5.50. The molecule has 2 N–H and O–H groups in total. The maximum atomic E-state index is 12.1. The third-order valence-electron chi connectivity index (χ3n) is 3.54. The van der Waals surface area contributed by atoms with Gasteiger partial charge in [-0.25, -0.2) is 0 Å². The normalized spacial score (nSPS) is 25.1. The van der Waals surface area contributed by atoms with Crippen LogP contribution >= 0.6 is 0 Å². The fourth-order valence-corrected chi connectivity index (χ4v) is 2.24. The third kappa shape index (κ3) is 4.02. The lowest BCUT2D eigenvalue weighted by atomic mass is 9.92. The molecule has 1 aliphatic heterocycles. The summed E-state index contributed by atoms with van der Waals surface area (Å²) >= 11 is 0. The standard InChI is InChI=1S/C13H24N2O2/c1-9(2)4-7-12(16)15-8-11(13(14)17)6-5-10(15)3/h9-11H,4-8H2,1-3H3,(H2,14,17)/t10-,11-/m1/s1. The van der Waals surface area contributed by atoms with E-state index in [9.17, 15) is 9.59 Å². The Balaban J connectivity index is 2.54. The van der Waals surface area contributed by atoms with Crippen LogP contribution in [0.15, 0.2) is 0 Å². The Bertz CT molecular complexity index is 289. The highest BCUT2D eigenvalue weighted by Crippen LogP contribution is 2.23. The number of nitrogens with zero attached hydrogens (tertiary/aromatic N) is 1. The van der Waals surface area contributed by atoms with E-state index in [1.807, 2.05) is 11.8 Å². The van der Waals surface area contributed by atoms with Crippen LogP contribution in [0.4, 0.5) is 0 Å². The van der Waals surface area contributed by atoms with Crippen molar-refractivity contribution >= 4 is 11.8 Å². The van der Waals surface area contributed by atoms with Gasteiger partial charge in [-0.3, -0.25) is 9.59 Å². The van der Waals surface area contributed by atoms with Crippen LogP contribution in [0.3, 0.4) is 0 Å². The number of hydrogen-bond acceptors (Lipinski definition) is 2. The molecule has 4 heteroatoms. The van der Waals surface area contributed by atoms with Crippen molar-refractivity contribution in [2.45, 2.75) is 52.5 Å². The Morgan fingerprint density at radius 1 is 1.35 bits per heavy atom. The first-order valence-electron chi connectivity index (χ1n) is 6.50.